The molecule has 0 radical (unpaired) electrons. The van der Waals surface area contributed by atoms with Crippen molar-refractivity contribution in [2.24, 2.45) is 5.10 Å². The quantitative estimate of drug-likeness (QED) is 0.139. The molecule has 1 heterocycles. The lowest BCUT2D eigenvalue weighted by Gasteiger charge is -2.21. The third kappa shape index (κ3) is 7.56. The number of benzene rings is 3. The van der Waals surface area contributed by atoms with Crippen molar-refractivity contribution in [2.45, 2.75) is 26.6 Å². The molecule has 208 valence electrons. The number of alkyl halides is 3. The molecular formula is C28H27F3N6O2S. The van der Waals surface area contributed by atoms with Crippen LogP contribution in [-0.4, -0.2) is 51.1 Å². The maximum Gasteiger partial charge on any atom is 0.573 e. The molecule has 0 unspecified atom stereocenters. The Labute approximate surface area is 235 Å². The van der Waals surface area contributed by atoms with Crippen LogP contribution in [0.15, 0.2) is 78.2 Å². The van der Waals surface area contributed by atoms with Crippen molar-refractivity contribution in [2.75, 3.05) is 19.0 Å². The van der Waals surface area contributed by atoms with Crippen LogP contribution in [0, 0.1) is 6.92 Å². The molecule has 0 saturated heterocycles. The maximum atomic E-state index is 12.4. The van der Waals surface area contributed by atoms with Gasteiger partial charge < -0.3 is 14.8 Å². The minimum absolute atomic E-state index is 0.307. The Morgan fingerprint density at radius 1 is 1.07 bits per heavy atom. The summed E-state index contributed by atoms with van der Waals surface area (Å²) in [6.45, 7) is 4.67. The predicted octanol–water partition coefficient (Wildman–Crippen LogP) is 6.59. The monoisotopic (exact) mass is 568 g/mol. The Hall–Kier alpha value is -4.45. The number of nitrogens with zero attached hydrogens (tertiary/aromatic N) is 5. The van der Waals surface area contributed by atoms with Crippen LogP contribution in [0.5, 0.6) is 11.5 Å². The number of hydrogen-bond donors (Lipinski definition) is 1. The number of methoxy groups -OCH3 is 1. The van der Waals surface area contributed by atoms with E-state index in [2.05, 4.69) is 32.2 Å². The van der Waals surface area contributed by atoms with E-state index in [1.54, 1.807) is 18.3 Å². The van der Waals surface area contributed by atoms with Gasteiger partial charge in [0, 0.05) is 17.8 Å². The van der Waals surface area contributed by atoms with E-state index < -0.39 is 6.36 Å². The van der Waals surface area contributed by atoms with Crippen LogP contribution in [0.4, 0.5) is 18.9 Å². The number of anilines is 1. The van der Waals surface area contributed by atoms with Crippen LogP contribution in [0.1, 0.15) is 24.5 Å². The molecule has 0 bridgehead atoms. The molecule has 1 N–H and O–H groups in total. The van der Waals surface area contributed by atoms with Crippen molar-refractivity contribution in [3.63, 3.8) is 0 Å². The topological polar surface area (TPSA) is 76.8 Å². The minimum atomic E-state index is -4.74. The maximum absolute atomic E-state index is 12.4. The zero-order chi connectivity index (χ0) is 28.7. The highest BCUT2D eigenvalue weighted by molar-refractivity contribution is 7.80. The van der Waals surface area contributed by atoms with Crippen LogP contribution >= 0.6 is 12.2 Å². The van der Waals surface area contributed by atoms with Gasteiger partial charge in [0.1, 0.15) is 17.8 Å². The van der Waals surface area contributed by atoms with Gasteiger partial charge in [0.25, 0.3) is 0 Å². The lowest BCUT2D eigenvalue weighted by atomic mass is 10.1. The van der Waals surface area contributed by atoms with Crippen molar-refractivity contribution in [1.82, 2.24) is 19.8 Å². The number of ether oxygens (including phenoxy) is 2. The number of aromatic nitrogens is 3. The highest BCUT2D eigenvalue weighted by Gasteiger charge is 2.31. The van der Waals surface area contributed by atoms with E-state index in [0.29, 0.717) is 23.2 Å². The number of nitrogens with one attached hydrogen (secondary N) is 1. The van der Waals surface area contributed by atoms with Crippen molar-refractivity contribution in [3.05, 3.63) is 84.2 Å². The first-order chi connectivity index (χ1) is 19.1. The Morgan fingerprint density at radius 2 is 1.77 bits per heavy atom. The molecule has 4 rings (SSSR count). The smallest absolute Gasteiger partial charge is 0.497 e. The summed E-state index contributed by atoms with van der Waals surface area (Å²) in [5.41, 5.74) is 4.05. The Bertz CT molecular complexity index is 1470. The van der Waals surface area contributed by atoms with E-state index in [0.717, 1.165) is 34.5 Å². The molecule has 3 aromatic carbocycles. The fourth-order valence-electron chi connectivity index (χ4n) is 3.68. The molecule has 0 saturated carbocycles. The highest BCUT2D eigenvalue weighted by Crippen LogP contribution is 2.24. The number of hydrazone groups is 1. The number of hydrogen-bond acceptors (Lipinski definition) is 6. The first kappa shape index (κ1) is 28.6. The molecule has 8 nitrogen and oxygen atoms in total. The van der Waals surface area contributed by atoms with Gasteiger partial charge in [-0.15, -0.1) is 18.3 Å². The molecule has 40 heavy (non-hydrogen) atoms. The zero-order valence-electron chi connectivity index (χ0n) is 22.0. The summed E-state index contributed by atoms with van der Waals surface area (Å²) in [6.07, 6.45) is -0.672. The third-order valence-electron chi connectivity index (χ3n) is 5.69. The van der Waals surface area contributed by atoms with Crippen molar-refractivity contribution in [3.8, 4) is 28.6 Å². The summed E-state index contributed by atoms with van der Waals surface area (Å²) in [4.78, 5) is 4.32. The number of rotatable bonds is 9. The molecule has 4 aromatic rings. The minimum Gasteiger partial charge on any atom is -0.497 e. The van der Waals surface area contributed by atoms with Crippen LogP contribution in [0.2, 0.25) is 0 Å². The second-order valence-electron chi connectivity index (χ2n) is 8.66. The Morgan fingerprint density at radius 3 is 2.40 bits per heavy atom. The van der Waals surface area contributed by atoms with Gasteiger partial charge in [-0.3, -0.25) is 0 Å². The normalized spacial score (nSPS) is 11.4. The van der Waals surface area contributed by atoms with Gasteiger partial charge in [-0.2, -0.15) is 5.10 Å². The van der Waals surface area contributed by atoms with Crippen LogP contribution in [0.3, 0.4) is 0 Å². The predicted molar refractivity (Wildman–Crippen MR) is 152 cm³/mol. The molecule has 0 amide bonds. The fourth-order valence-corrected chi connectivity index (χ4v) is 3.93. The van der Waals surface area contributed by atoms with Gasteiger partial charge in [0.05, 0.1) is 19.0 Å². The summed E-state index contributed by atoms with van der Waals surface area (Å²) in [5.74, 6) is 0.933. The molecule has 0 aliphatic rings. The number of halogens is 3. The van der Waals surface area contributed by atoms with Crippen molar-refractivity contribution >= 4 is 29.2 Å². The van der Waals surface area contributed by atoms with Gasteiger partial charge in [-0.05, 0) is 79.2 Å². The van der Waals surface area contributed by atoms with E-state index in [1.807, 2.05) is 49.4 Å². The lowest BCUT2D eigenvalue weighted by molar-refractivity contribution is -0.274. The summed E-state index contributed by atoms with van der Waals surface area (Å²) in [7, 11) is 1.63. The van der Waals surface area contributed by atoms with Crippen LogP contribution < -0.4 is 14.8 Å². The van der Waals surface area contributed by atoms with E-state index in [-0.39, 0.29) is 5.75 Å². The summed E-state index contributed by atoms with van der Waals surface area (Å²) < 4.78 is 47.8. The van der Waals surface area contributed by atoms with Gasteiger partial charge in [-0.1, -0.05) is 31.2 Å². The Balaban J connectivity index is 1.41. The second kappa shape index (κ2) is 12.6. The van der Waals surface area contributed by atoms with E-state index >= 15 is 0 Å². The molecule has 12 heteroatoms. The third-order valence-corrected chi connectivity index (χ3v) is 6.00. The summed E-state index contributed by atoms with van der Waals surface area (Å²) in [6, 6.07) is 18.6. The second-order valence-corrected chi connectivity index (χ2v) is 9.04. The summed E-state index contributed by atoms with van der Waals surface area (Å²) in [5, 5.41) is 14.5. The van der Waals surface area contributed by atoms with E-state index in [9.17, 15) is 13.2 Å². The van der Waals surface area contributed by atoms with Crippen molar-refractivity contribution in [1.29, 1.82) is 0 Å². The van der Waals surface area contributed by atoms with E-state index in [1.165, 1.54) is 35.3 Å². The zero-order valence-corrected chi connectivity index (χ0v) is 22.8. The van der Waals surface area contributed by atoms with Gasteiger partial charge in [-0.25, -0.2) is 14.7 Å². The molecule has 0 fully saturated rings. The van der Waals surface area contributed by atoms with Crippen molar-refractivity contribution < 1.29 is 22.6 Å². The first-order valence-corrected chi connectivity index (χ1v) is 12.7. The first-order valence-electron chi connectivity index (χ1n) is 12.3. The average molecular weight is 569 g/mol. The highest BCUT2D eigenvalue weighted by atomic mass is 32.1. The summed E-state index contributed by atoms with van der Waals surface area (Å²) >= 11 is 5.61. The Kier molecular flexibility index (Phi) is 9.00. The molecule has 0 aliphatic heterocycles. The SMILES string of the molecule is CCCN(N=Cc1ccc(-c2ncn(-c3ccc(OC(F)(F)F)cc3)n2)cc1)C(=S)Nc1ccc(OC)cc1C. The number of thiocarbonyl (C=S) groups is 1. The lowest BCUT2D eigenvalue weighted by Crippen LogP contribution is -2.31. The van der Waals surface area contributed by atoms with Gasteiger partial charge >= 0.3 is 6.36 Å². The van der Waals surface area contributed by atoms with Gasteiger partial charge in [0.15, 0.2) is 10.9 Å². The molecule has 0 atom stereocenters. The van der Waals surface area contributed by atoms with E-state index in [4.69, 9.17) is 17.0 Å². The molecular weight excluding hydrogens is 541 g/mol. The van der Waals surface area contributed by atoms with Crippen LogP contribution in [-0.2, 0) is 0 Å². The average Bonchev–Trinajstić information content (AvgIpc) is 3.42. The molecule has 0 aliphatic carbocycles. The van der Waals surface area contributed by atoms with Gasteiger partial charge in [0.2, 0.25) is 0 Å². The molecule has 1 aromatic heterocycles. The van der Waals surface area contributed by atoms with Crippen LogP contribution in [0.25, 0.3) is 17.1 Å². The number of aryl methyl sites for hydroxylation is 1. The standard InChI is InChI=1S/C28H27F3N6O2S/c1-4-15-36(27(40)34-25-14-13-24(38-3)16-19(25)2)33-17-20-5-7-21(8-6-20)26-32-18-37(35-26)22-9-11-23(12-10-22)39-28(29,30)31/h5-14,16-18H,4,15H2,1-3H3,(H,34,40). The fraction of sp³-hybridized carbons (Fsp3) is 0.214. The largest absolute Gasteiger partial charge is 0.573 e. The molecule has 0 spiro atoms.